The number of aryl methyl sites for hydroxylation is 1. The van der Waals surface area contributed by atoms with E-state index in [1.165, 1.54) is 0 Å². The van der Waals surface area contributed by atoms with Gasteiger partial charge in [0.15, 0.2) is 0 Å². The van der Waals surface area contributed by atoms with E-state index < -0.39 is 7.14 Å². The molecular formula is C29H32N9O3P. The van der Waals surface area contributed by atoms with Gasteiger partial charge in [-0.25, -0.2) is 4.98 Å². The van der Waals surface area contributed by atoms with Crippen molar-refractivity contribution in [2.24, 2.45) is 0 Å². The van der Waals surface area contributed by atoms with Crippen LogP contribution in [0.25, 0.3) is 22.2 Å². The second kappa shape index (κ2) is 11.5. The second-order valence-corrected chi connectivity index (χ2v) is 13.6. The smallest absolute Gasteiger partial charge is 0.229 e. The van der Waals surface area contributed by atoms with E-state index in [-0.39, 0.29) is 6.10 Å². The molecule has 0 radical (unpaired) electrons. The molecule has 0 spiro atoms. The van der Waals surface area contributed by atoms with Crippen molar-refractivity contribution in [3.8, 4) is 16.9 Å². The molecule has 0 amide bonds. The van der Waals surface area contributed by atoms with Gasteiger partial charge < -0.3 is 30.0 Å². The Morgan fingerprint density at radius 3 is 2.67 bits per heavy atom. The molecule has 1 aliphatic rings. The first kappa shape index (κ1) is 27.8. The third-order valence-corrected chi connectivity index (χ3v) is 8.61. The number of anilines is 4. The predicted octanol–water partition coefficient (Wildman–Crippen LogP) is 4.52. The van der Waals surface area contributed by atoms with Crippen LogP contribution in [0.5, 0.6) is 5.75 Å². The van der Waals surface area contributed by atoms with E-state index in [0.717, 1.165) is 28.8 Å². The normalized spacial score (nSPS) is 15.5. The number of H-pyrrole nitrogens is 1. The molecule has 4 heterocycles. The zero-order valence-corrected chi connectivity index (χ0v) is 24.7. The molecule has 1 unspecified atom stereocenters. The van der Waals surface area contributed by atoms with Gasteiger partial charge in [-0.05, 0) is 55.6 Å². The number of morpholine rings is 1. The number of aromatic amines is 1. The van der Waals surface area contributed by atoms with Crippen molar-refractivity contribution in [3.05, 3.63) is 66.4 Å². The molecule has 5 aromatic rings. The number of fused-ring (bicyclic) bond motifs is 1. The van der Waals surface area contributed by atoms with Crippen molar-refractivity contribution < 1.29 is 14.0 Å². The van der Waals surface area contributed by atoms with E-state index >= 15 is 0 Å². The fraction of sp³-hybridized carbons (Fsp3) is 0.276. The van der Waals surface area contributed by atoms with E-state index in [1.54, 1.807) is 45.2 Å². The summed E-state index contributed by atoms with van der Waals surface area (Å²) >= 11 is 0. The summed E-state index contributed by atoms with van der Waals surface area (Å²) in [5, 5.41) is 17.8. The summed E-state index contributed by atoms with van der Waals surface area (Å²) in [4.78, 5) is 18.2. The van der Waals surface area contributed by atoms with Gasteiger partial charge in [-0.1, -0.05) is 0 Å². The SMILES string of the molecule is COc1cc(C2CNCCO2)c(-c2cn[nH]c2)cc1Nc1ncc(C)c(Nc2ccc3nccnc3c2P(C)(C)=O)n1. The zero-order chi connectivity index (χ0) is 29.3. The number of nitrogens with one attached hydrogen (secondary N) is 4. The topological polar surface area (TPSA) is 152 Å². The van der Waals surface area contributed by atoms with Crippen LogP contribution >= 0.6 is 7.14 Å². The molecule has 13 heteroatoms. The summed E-state index contributed by atoms with van der Waals surface area (Å²) < 4.78 is 25.3. The van der Waals surface area contributed by atoms with Crippen LogP contribution in [0.4, 0.5) is 23.1 Å². The second-order valence-electron chi connectivity index (χ2n) is 10.4. The van der Waals surface area contributed by atoms with Gasteiger partial charge in [0, 0.05) is 49.0 Å². The molecule has 1 aliphatic heterocycles. The van der Waals surface area contributed by atoms with E-state index in [0.29, 0.717) is 58.4 Å². The molecule has 3 aromatic heterocycles. The first-order valence-electron chi connectivity index (χ1n) is 13.5. The molecule has 1 saturated heterocycles. The number of aromatic nitrogens is 6. The first-order chi connectivity index (χ1) is 20.3. The van der Waals surface area contributed by atoms with Crippen LogP contribution < -0.4 is 26.0 Å². The number of hydrogen-bond donors (Lipinski definition) is 4. The fourth-order valence-corrected chi connectivity index (χ4v) is 6.48. The highest BCUT2D eigenvalue weighted by Gasteiger charge is 2.24. The minimum atomic E-state index is -2.74. The van der Waals surface area contributed by atoms with Crippen molar-refractivity contribution in [2.45, 2.75) is 13.0 Å². The van der Waals surface area contributed by atoms with E-state index in [2.05, 4.69) is 41.1 Å². The summed E-state index contributed by atoms with van der Waals surface area (Å²) in [5.74, 6) is 1.55. The third-order valence-electron chi connectivity index (χ3n) is 7.08. The Hall–Kier alpha value is -4.38. The molecule has 0 aliphatic carbocycles. The van der Waals surface area contributed by atoms with Crippen molar-refractivity contribution in [1.82, 2.24) is 35.5 Å². The van der Waals surface area contributed by atoms with Crippen molar-refractivity contribution in [3.63, 3.8) is 0 Å². The molecule has 1 fully saturated rings. The quantitative estimate of drug-likeness (QED) is 0.190. The van der Waals surface area contributed by atoms with Crippen LogP contribution in [0.15, 0.2) is 55.2 Å². The van der Waals surface area contributed by atoms with Crippen molar-refractivity contribution in [2.75, 3.05) is 50.8 Å². The molecular weight excluding hydrogens is 553 g/mol. The average Bonchev–Trinajstić information content (AvgIpc) is 3.53. The zero-order valence-electron chi connectivity index (χ0n) is 23.8. The molecule has 42 heavy (non-hydrogen) atoms. The molecule has 12 nitrogen and oxygen atoms in total. The number of hydrogen-bond acceptors (Lipinski definition) is 11. The molecule has 6 rings (SSSR count). The van der Waals surface area contributed by atoms with Gasteiger partial charge in [-0.2, -0.15) is 10.1 Å². The van der Waals surface area contributed by atoms with Gasteiger partial charge in [0.05, 0.1) is 48.2 Å². The Labute approximate surface area is 243 Å². The molecule has 0 bridgehead atoms. The Balaban J connectivity index is 1.37. The molecule has 2 aromatic carbocycles. The number of rotatable bonds is 8. The monoisotopic (exact) mass is 585 g/mol. The minimum absolute atomic E-state index is 0.132. The molecule has 4 N–H and O–H groups in total. The summed E-state index contributed by atoms with van der Waals surface area (Å²) in [5.41, 5.74) is 6.32. The summed E-state index contributed by atoms with van der Waals surface area (Å²) in [6, 6.07) is 7.70. The lowest BCUT2D eigenvalue weighted by Crippen LogP contribution is -2.33. The van der Waals surface area contributed by atoms with Crippen molar-refractivity contribution >= 4 is 46.6 Å². The fourth-order valence-electron chi connectivity index (χ4n) is 5.09. The lowest BCUT2D eigenvalue weighted by atomic mass is 9.96. The largest absolute Gasteiger partial charge is 0.495 e. The van der Waals surface area contributed by atoms with E-state index in [1.807, 2.05) is 37.4 Å². The highest BCUT2D eigenvalue weighted by molar-refractivity contribution is 7.71. The van der Waals surface area contributed by atoms with Crippen LogP contribution in [0.1, 0.15) is 17.2 Å². The Morgan fingerprint density at radius 1 is 1.07 bits per heavy atom. The van der Waals surface area contributed by atoms with E-state index in [9.17, 15) is 4.57 Å². The highest BCUT2D eigenvalue weighted by atomic mass is 31.2. The van der Waals surface area contributed by atoms with Gasteiger partial charge in [-0.15, -0.1) is 0 Å². The third kappa shape index (κ3) is 5.56. The highest BCUT2D eigenvalue weighted by Crippen LogP contribution is 2.42. The first-order valence-corrected chi connectivity index (χ1v) is 16.1. The lowest BCUT2D eigenvalue weighted by molar-refractivity contribution is 0.0279. The number of ether oxygens (including phenoxy) is 2. The maximum Gasteiger partial charge on any atom is 0.229 e. The molecule has 1 atom stereocenters. The Bertz CT molecular complexity index is 1780. The Kier molecular flexibility index (Phi) is 7.59. The van der Waals surface area contributed by atoms with Crippen LogP contribution in [-0.4, -0.2) is 70.3 Å². The summed E-state index contributed by atoms with van der Waals surface area (Å²) in [6.45, 7) is 7.50. The van der Waals surface area contributed by atoms with Crippen LogP contribution in [-0.2, 0) is 9.30 Å². The van der Waals surface area contributed by atoms with Crippen LogP contribution in [0, 0.1) is 6.92 Å². The standard InChI is InChI=1S/C29H32N9O3P/c1-17-13-33-29(38-28(17)36-22-6-5-21-26(32-8-7-31-21)27(22)42(3,4)39)37-23-11-19(18-14-34-35-15-18)20(12-24(23)40-2)25-16-30-9-10-41-25/h5-8,11-15,25,30H,9-10,16H2,1-4H3,(H,34,35)(H2,33,36,37,38). The molecule has 0 saturated carbocycles. The lowest BCUT2D eigenvalue weighted by Gasteiger charge is -2.27. The maximum absolute atomic E-state index is 13.4. The average molecular weight is 586 g/mol. The van der Waals surface area contributed by atoms with Crippen molar-refractivity contribution in [1.29, 1.82) is 0 Å². The van der Waals surface area contributed by atoms with Crippen LogP contribution in [0.2, 0.25) is 0 Å². The number of methoxy groups -OCH3 is 1. The van der Waals surface area contributed by atoms with Gasteiger partial charge in [0.1, 0.15) is 24.2 Å². The Morgan fingerprint density at radius 2 is 1.93 bits per heavy atom. The molecule has 216 valence electrons. The number of nitrogens with zero attached hydrogens (tertiary/aromatic N) is 5. The van der Waals surface area contributed by atoms with Gasteiger partial charge in [-0.3, -0.25) is 15.1 Å². The predicted molar refractivity (Wildman–Crippen MR) is 164 cm³/mol. The number of benzene rings is 2. The van der Waals surface area contributed by atoms with Gasteiger partial charge >= 0.3 is 0 Å². The van der Waals surface area contributed by atoms with Gasteiger partial charge in [0.2, 0.25) is 5.95 Å². The summed E-state index contributed by atoms with van der Waals surface area (Å²) in [7, 11) is -1.11. The summed E-state index contributed by atoms with van der Waals surface area (Å²) in [6.07, 6.45) is 8.46. The maximum atomic E-state index is 13.4. The van der Waals surface area contributed by atoms with Crippen LogP contribution in [0.3, 0.4) is 0 Å². The van der Waals surface area contributed by atoms with Gasteiger partial charge in [0.25, 0.3) is 0 Å². The van der Waals surface area contributed by atoms with E-state index in [4.69, 9.17) is 14.5 Å². The minimum Gasteiger partial charge on any atom is -0.495 e.